The molecule has 6 rings (SSSR count). The van der Waals surface area contributed by atoms with E-state index in [0.29, 0.717) is 27.7 Å². The lowest BCUT2D eigenvalue weighted by Gasteiger charge is -2.33. The number of hydrogen-bond acceptors (Lipinski definition) is 7. The number of aryl methyl sites for hydroxylation is 1. The molecule has 288 valence electrons. The van der Waals surface area contributed by atoms with Gasteiger partial charge in [-0.25, -0.2) is 4.79 Å². The lowest BCUT2D eigenvalue weighted by molar-refractivity contribution is -0.116. The number of fused-ring (bicyclic) bond motifs is 1. The van der Waals surface area contributed by atoms with Crippen molar-refractivity contribution < 1.29 is 23.9 Å². The summed E-state index contributed by atoms with van der Waals surface area (Å²) in [6.07, 6.45) is 4.23. The van der Waals surface area contributed by atoms with Crippen LogP contribution in [0.25, 0.3) is 6.08 Å². The minimum absolute atomic E-state index is 0.0811. The molecule has 0 aliphatic heterocycles. The third kappa shape index (κ3) is 9.85. The van der Waals surface area contributed by atoms with Gasteiger partial charge in [0.05, 0.1) is 12.2 Å². The van der Waals surface area contributed by atoms with Gasteiger partial charge in [-0.1, -0.05) is 99.6 Å². The highest BCUT2D eigenvalue weighted by atomic mass is 32.2. The minimum Gasteiger partial charge on any atom is -0.462 e. The standard InChI is InChI=1S/C46H47N3O5S2/c1-6-54-45(53)39-36-25-24-33(46(3,4)5)27-38(36)56-44(39)49-43(52)40(30-17-9-7-10-18-30)55-35-23-15-22-34(28-35)47-42(51)37(26-32-21-14-13-16-29(32)2)48-41(50)31-19-11-8-12-20-31/h7-23,26,28,33,40H,6,24-25,27H2,1-5H3,(H,47,51)(H,48,50)(H,49,52)/b37-26-. The molecule has 3 amide bonds. The first-order valence-corrected chi connectivity index (χ1v) is 20.5. The Morgan fingerprint density at radius 2 is 1.59 bits per heavy atom. The number of ether oxygens (including phenoxy) is 1. The minimum atomic E-state index is -0.694. The summed E-state index contributed by atoms with van der Waals surface area (Å²) in [4.78, 5) is 56.6. The zero-order valence-electron chi connectivity index (χ0n) is 32.3. The molecule has 1 aliphatic carbocycles. The van der Waals surface area contributed by atoms with Crippen LogP contribution in [0.3, 0.4) is 0 Å². The van der Waals surface area contributed by atoms with Crippen molar-refractivity contribution >= 4 is 63.6 Å². The van der Waals surface area contributed by atoms with E-state index in [1.807, 2.05) is 79.7 Å². The average molecular weight is 786 g/mol. The number of esters is 1. The topological polar surface area (TPSA) is 114 Å². The predicted molar refractivity (Wildman–Crippen MR) is 227 cm³/mol. The smallest absolute Gasteiger partial charge is 0.341 e. The van der Waals surface area contributed by atoms with Crippen LogP contribution in [0.2, 0.25) is 0 Å². The number of amides is 3. The van der Waals surface area contributed by atoms with Crippen molar-refractivity contribution in [3.63, 3.8) is 0 Å². The second-order valence-electron chi connectivity index (χ2n) is 14.8. The van der Waals surface area contributed by atoms with E-state index < -0.39 is 23.0 Å². The number of benzene rings is 4. The maximum absolute atomic E-state index is 14.4. The quantitative estimate of drug-likeness (QED) is 0.0659. The summed E-state index contributed by atoms with van der Waals surface area (Å²) in [7, 11) is 0. The molecule has 0 spiro atoms. The van der Waals surface area contributed by atoms with E-state index in [2.05, 4.69) is 36.7 Å². The van der Waals surface area contributed by atoms with Crippen LogP contribution >= 0.6 is 23.1 Å². The van der Waals surface area contributed by atoms with Crippen LogP contribution in [0.15, 0.2) is 120 Å². The summed E-state index contributed by atoms with van der Waals surface area (Å²) in [5.74, 6) is -1.15. The fraction of sp³-hybridized carbons (Fsp3) is 0.261. The molecule has 8 nitrogen and oxygen atoms in total. The Morgan fingerprint density at radius 1 is 0.893 bits per heavy atom. The van der Waals surface area contributed by atoms with Crippen molar-refractivity contribution in [1.82, 2.24) is 5.32 Å². The van der Waals surface area contributed by atoms with E-state index >= 15 is 0 Å². The van der Waals surface area contributed by atoms with Crippen molar-refractivity contribution in [3.8, 4) is 0 Å². The molecule has 0 fully saturated rings. The average Bonchev–Trinajstić information content (AvgIpc) is 3.55. The molecule has 0 radical (unpaired) electrons. The number of rotatable bonds is 12. The zero-order chi connectivity index (χ0) is 39.8. The molecule has 5 aromatic rings. The van der Waals surface area contributed by atoms with Crippen LogP contribution in [-0.2, 0) is 27.2 Å². The Morgan fingerprint density at radius 3 is 2.29 bits per heavy atom. The van der Waals surface area contributed by atoms with Crippen molar-refractivity contribution in [3.05, 3.63) is 153 Å². The van der Waals surface area contributed by atoms with Crippen molar-refractivity contribution in [1.29, 1.82) is 0 Å². The third-order valence-electron chi connectivity index (χ3n) is 9.91. The molecule has 2 atom stereocenters. The molecule has 1 heterocycles. The van der Waals surface area contributed by atoms with Crippen molar-refractivity contribution in [2.75, 3.05) is 17.2 Å². The van der Waals surface area contributed by atoms with Crippen LogP contribution in [0.1, 0.15) is 87.2 Å². The fourth-order valence-corrected chi connectivity index (χ4v) is 9.14. The summed E-state index contributed by atoms with van der Waals surface area (Å²) in [5, 5.41) is 8.71. The van der Waals surface area contributed by atoms with Crippen LogP contribution < -0.4 is 16.0 Å². The molecule has 1 aliphatic rings. The maximum atomic E-state index is 14.4. The van der Waals surface area contributed by atoms with Crippen LogP contribution in [-0.4, -0.2) is 30.3 Å². The molecule has 4 aromatic carbocycles. The van der Waals surface area contributed by atoms with Gasteiger partial charge in [-0.15, -0.1) is 23.1 Å². The highest BCUT2D eigenvalue weighted by molar-refractivity contribution is 8.00. The van der Waals surface area contributed by atoms with E-state index in [9.17, 15) is 19.2 Å². The molecule has 0 saturated heterocycles. The summed E-state index contributed by atoms with van der Waals surface area (Å²) in [5.41, 5.74) is 5.07. The highest BCUT2D eigenvalue weighted by Crippen LogP contribution is 2.45. The maximum Gasteiger partial charge on any atom is 0.341 e. The molecular formula is C46H47N3O5S2. The Bertz CT molecular complexity index is 2240. The molecule has 0 bridgehead atoms. The summed E-state index contributed by atoms with van der Waals surface area (Å²) < 4.78 is 5.50. The molecule has 10 heteroatoms. The van der Waals surface area contributed by atoms with Gasteiger partial charge < -0.3 is 20.7 Å². The normalized spacial score (nSPS) is 14.6. The van der Waals surface area contributed by atoms with Gasteiger partial charge in [0, 0.05) is 21.0 Å². The van der Waals surface area contributed by atoms with Crippen molar-refractivity contribution in [2.24, 2.45) is 11.3 Å². The van der Waals surface area contributed by atoms with E-state index in [0.717, 1.165) is 51.3 Å². The molecule has 0 saturated carbocycles. The molecule has 2 unspecified atom stereocenters. The Balaban J connectivity index is 1.26. The highest BCUT2D eigenvalue weighted by Gasteiger charge is 2.35. The predicted octanol–water partition coefficient (Wildman–Crippen LogP) is 10.3. The Labute approximate surface area is 337 Å². The monoisotopic (exact) mass is 785 g/mol. The van der Waals surface area contributed by atoms with Gasteiger partial charge >= 0.3 is 5.97 Å². The first-order chi connectivity index (χ1) is 26.9. The number of thiophene rings is 1. The number of carbonyl (C=O) groups excluding carboxylic acids is 4. The van der Waals surface area contributed by atoms with Gasteiger partial charge in [0.2, 0.25) is 5.91 Å². The van der Waals surface area contributed by atoms with Crippen LogP contribution in [0.5, 0.6) is 0 Å². The summed E-state index contributed by atoms with van der Waals surface area (Å²) >= 11 is 2.81. The number of thioether (sulfide) groups is 1. The first kappa shape index (κ1) is 40.2. The zero-order valence-corrected chi connectivity index (χ0v) is 33.9. The van der Waals surface area contributed by atoms with Gasteiger partial charge in [0.1, 0.15) is 15.9 Å². The number of nitrogens with one attached hydrogen (secondary N) is 3. The van der Waals surface area contributed by atoms with Crippen LogP contribution in [0, 0.1) is 18.3 Å². The van der Waals surface area contributed by atoms with E-state index in [1.165, 1.54) is 23.1 Å². The Hall–Kier alpha value is -5.45. The third-order valence-corrected chi connectivity index (χ3v) is 12.3. The Kier molecular flexibility index (Phi) is 12.9. The summed E-state index contributed by atoms with van der Waals surface area (Å²) in [6, 6.07) is 33.1. The van der Waals surface area contributed by atoms with Gasteiger partial charge in [0.15, 0.2) is 0 Å². The van der Waals surface area contributed by atoms with Crippen molar-refractivity contribution in [2.45, 2.75) is 64.0 Å². The first-order valence-electron chi connectivity index (χ1n) is 18.8. The SMILES string of the molecule is CCOC(=O)c1c(NC(=O)C(Sc2cccc(NC(=O)/C(=C/c3ccccc3C)NC(=O)c3ccccc3)c2)c2ccccc2)sc2c1CCC(C(C)(C)C)C2. The molecular weight excluding hydrogens is 739 g/mol. The van der Waals surface area contributed by atoms with Gasteiger partial charge in [-0.05, 0) is 103 Å². The molecule has 56 heavy (non-hydrogen) atoms. The lowest BCUT2D eigenvalue weighted by Crippen LogP contribution is -2.30. The fourth-order valence-electron chi connectivity index (χ4n) is 6.74. The van der Waals surface area contributed by atoms with Gasteiger partial charge in [0.25, 0.3) is 11.8 Å². The van der Waals surface area contributed by atoms with Crippen LogP contribution in [0.4, 0.5) is 10.7 Å². The number of carbonyl (C=O) groups is 4. The lowest BCUT2D eigenvalue weighted by atomic mass is 9.72. The second kappa shape index (κ2) is 18.0. The summed E-state index contributed by atoms with van der Waals surface area (Å²) in [6.45, 7) is 10.7. The number of anilines is 2. The number of hydrogen-bond donors (Lipinski definition) is 3. The van der Waals surface area contributed by atoms with Gasteiger partial charge in [-0.3, -0.25) is 14.4 Å². The largest absolute Gasteiger partial charge is 0.462 e. The molecule has 1 aromatic heterocycles. The van der Waals surface area contributed by atoms with E-state index in [4.69, 9.17) is 4.74 Å². The van der Waals surface area contributed by atoms with E-state index in [1.54, 1.807) is 49.4 Å². The molecule has 3 N–H and O–H groups in total. The van der Waals surface area contributed by atoms with Gasteiger partial charge in [-0.2, -0.15) is 0 Å². The van der Waals surface area contributed by atoms with E-state index in [-0.39, 0.29) is 23.6 Å². The second-order valence-corrected chi connectivity index (χ2v) is 17.1.